The SMILES string of the molecule is CC(CSc1ccc2ccccc2c1)/C(N)=N/O. The quantitative estimate of drug-likeness (QED) is 0.291. The highest BCUT2D eigenvalue weighted by Crippen LogP contribution is 2.25. The average Bonchev–Trinajstić information content (AvgIpc) is 2.43. The summed E-state index contributed by atoms with van der Waals surface area (Å²) >= 11 is 1.72. The summed E-state index contributed by atoms with van der Waals surface area (Å²) in [7, 11) is 0. The van der Waals surface area contributed by atoms with E-state index in [0.717, 1.165) is 5.75 Å². The summed E-state index contributed by atoms with van der Waals surface area (Å²) < 4.78 is 0. The monoisotopic (exact) mass is 260 g/mol. The van der Waals surface area contributed by atoms with Gasteiger partial charge in [-0.15, -0.1) is 11.8 Å². The van der Waals surface area contributed by atoms with Crippen LogP contribution < -0.4 is 5.73 Å². The van der Waals surface area contributed by atoms with E-state index < -0.39 is 0 Å². The van der Waals surface area contributed by atoms with Gasteiger partial charge < -0.3 is 10.9 Å². The fraction of sp³-hybridized carbons (Fsp3) is 0.214. The lowest BCUT2D eigenvalue weighted by atomic mass is 10.1. The molecule has 0 aliphatic rings. The van der Waals surface area contributed by atoms with Crippen LogP contribution in [0.1, 0.15) is 6.92 Å². The molecule has 0 aliphatic heterocycles. The van der Waals surface area contributed by atoms with Crippen LogP contribution in [0.3, 0.4) is 0 Å². The van der Waals surface area contributed by atoms with Crippen LogP contribution in [0.2, 0.25) is 0 Å². The van der Waals surface area contributed by atoms with Gasteiger partial charge in [-0.05, 0) is 22.9 Å². The third-order valence-electron chi connectivity index (χ3n) is 2.84. The van der Waals surface area contributed by atoms with E-state index in [2.05, 4.69) is 35.5 Å². The van der Waals surface area contributed by atoms with Gasteiger partial charge in [-0.1, -0.05) is 42.4 Å². The number of oxime groups is 1. The molecule has 0 aliphatic carbocycles. The molecular formula is C14H16N2OS. The molecule has 4 heteroatoms. The number of nitrogens with two attached hydrogens (primary N) is 1. The minimum atomic E-state index is 0.0615. The minimum absolute atomic E-state index is 0.0615. The Morgan fingerprint density at radius 1 is 1.28 bits per heavy atom. The zero-order valence-corrected chi connectivity index (χ0v) is 11.0. The van der Waals surface area contributed by atoms with E-state index in [4.69, 9.17) is 10.9 Å². The van der Waals surface area contributed by atoms with Crippen molar-refractivity contribution in [3.8, 4) is 0 Å². The Labute approximate surface area is 111 Å². The lowest BCUT2D eigenvalue weighted by Gasteiger charge is -2.09. The maximum absolute atomic E-state index is 8.60. The van der Waals surface area contributed by atoms with Gasteiger partial charge in [-0.3, -0.25) is 0 Å². The van der Waals surface area contributed by atoms with Crippen molar-refractivity contribution < 1.29 is 5.21 Å². The van der Waals surface area contributed by atoms with Crippen LogP contribution in [-0.4, -0.2) is 16.8 Å². The van der Waals surface area contributed by atoms with E-state index in [1.165, 1.54) is 15.7 Å². The molecule has 0 amide bonds. The van der Waals surface area contributed by atoms with Crippen LogP contribution in [0, 0.1) is 5.92 Å². The van der Waals surface area contributed by atoms with Crippen LogP contribution in [0.15, 0.2) is 52.5 Å². The Hall–Kier alpha value is -1.68. The van der Waals surface area contributed by atoms with Crippen molar-refractivity contribution in [2.24, 2.45) is 16.8 Å². The van der Waals surface area contributed by atoms with Crippen molar-refractivity contribution in [2.75, 3.05) is 5.75 Å². The van der Waals surface area contributed by atoms with E-state index >= 15 is 0 Å². The molecule has 0 fully saturated rings. The number of thioether (sulfide) groups is 1. The molecule has 2 rings (SSSR count). The molecule has 2 aromatic carbocycles. The van der Waals surface area contributed by atoms with E-state index in [9.17, 15) is 0 Å². The van der Waals surface area contributed by atoms with Crippen LogP contribution >= 0.6 is 11.8 Å². The predicted octanol–water partition coefficient (Wildman–Crippen LogP) is 3.31. The van der Waals surface area contributed by atoms with Crippen LogP contribution in [-0.2, 0) is 0 Å². The van der Waals surface area contributed by atoms with Crippen molar-refractivity contribution in [3.63, 3.8) is 0 Å². The first-order valence-electron chi connectivity index (χ1n) is 5.79. The van der Waals surface area contributed by atoms with Crippen LogP contribution in [0.5, 0.6) is 0 Å². The zero-order chi connectivity index (χ0) is 13.0. The second-order valence-electron chi connectivity index (χ2n) is 4.25. The third-order valence-corrected chi connectivity index (χ3v) is 4.10. The van der Waals surface area contributed by atoms with Crippen molar-refractivity contribution >= 4 is 28.4 Å². The van der Waals surface area contributed by atoms with Crippen LogP contribution in [0.4, 0.5) is 0 Å². The second kappa shape index (κ2) is 5.78. The molecule has 3 N–H and O–H groups in total. The molecule has 0 saturated heterocycles. The first kappa shape index (κ1) is 12.8. The largest absolute Gasteiger partial charge is 0.409 e. The van der Waals surface area contributed by atoms with Crippen LogP contribution in [0.25, 0.3) is 10.8 Å². The summed E-state index contributed by atoms with van der Waals surface area (Å²) in [6, 6.07) is 14.7. The summed E-state index contributed by atoms with van der Waals surface area (Å²) in [5.41, 5.74) is 5.56. The number of hydrogen-bond donors (Lipinski definition) is 2. The predicted molar refractivity (Wildman–Crippen MR) is 77.2 cm³/mol. The van der Waals surface area contributed by atoms with E-state index in [-0.39, 0.29) is 11.8 Å². The average molecular weight is 260 g/mol. The third kappa shape index (κ3) is 2.96. The normalized spacial score (nSPS) is 13.7. The molecule has 1 atom stereocenters. The summed E-state index contributed by atoms with van der Waals surface area (Å²) in [6.45, 7) is 1.95. The molecule has 3 nitrogen and oxygen atoms in total. The number of benzene rings is 2. The fourth-order valence-corrected chi connectivity index (χ4v) is 2.65. The van der Waals surface area contributed by atoms with Gasteiger partial charge in [-0.2, -0.15) is 0 Å². The minimum Gasteiger partial charge on any atom is -0.409 e. The van der Waals surface area contributed by atoms with E-state index in [1.807, 2.05) is 19.1 Å². The maximum atomic E-state index is 8.60. The Morgan fingerprint density at radius 3 is 2.72 bits per heavy atom. The summed E-state index contributed by atoms with van der Waals surface area (Å²) in [5.74, 6) is 1.14. The highest BCUT2D eigenvalue weighted by Gasteiger charge is 2.08. The maximum Gasteiger partial charge on any atom is 0.142 e. The fourth-order valence-electron chi connectivity index (χ4n) is 1.66. The van der Waals surface area contributed by atoms with Crippen molar-refractivity contribution in [3.05, 3.63) is 42.5 Å². The smallest absolute Gasteiger partial charge is 0.142 e. The van der Waals surface area contributed by atoms with Gasteiger partial charge in [0, 0.05) is 16.6 Å². The van der Waals surface area contributed by atoms with E-state index in [1.54, 1.807) is 11.8 Å². The van der Waals surface area contributed by atoms with Gasteiger partial charge in [0.05, 0.1) is 0 Å². The topological polar surface area (TPSA) is 58.6 Å². The first-order valence-corrected chi connectivity index (χ1v) is 6.78. The van der Waals surface area contributed by atoms with Gasteiger partial charge >= 0.3 is 0 Å². The zero-order valence-electron chi connectivity index (χ0n) is 10.2. The Kier molecular flexibility index (Phi) is 4.10. The number of nitrogens with zero attached hydrogens (tertiary/aromatic N) is 1. The highest BCUT2D eigenvalue weighted by atomic mass is 32.2. The molecule has 0 aromatic heterocycles. The molecule has 0 spiro atoms. The van der Waals surface area contributed by atoms with Gasteiger partial charge in [-0.25, -0.2) is 0 Å². The summed E-state index contributed by atoms with van der Waals surface area (Å²) in [4.78, 5) is 1.20. The number of rotatable bonds is 4. The van der Waals surface area contributed by atoms with E-state index in [0.29, 0.717) is 0 Å². The van der Waals surface area contributed by atoms with Gasteiger partial charge in [0.25, 0.3) is 0 Å². The van der Waals surface area contributed by atoms with Crippen molar-refractivity contribution in [1.29, 1.82) is 0 Å². The second-order valence-corrected chi connectivity index (χ2v) is 5.34. The number of hydrogen-bond acceptors (Lipinski definition) is 3. The molecule has 0 radical (unpaired) electrons. The molecule has 94 valence electrons. The van der Waals surface area contributed by atoms with Gasteiger partial charge in [0.15, 0.2) is 0 Å². The highest BCUT2D eigenvalue weighted by molar-refractivity contribution is 7.99. The summed E-state index contributed by atoms with van der Waals surface area (Å²) in [6.07, 6.45) is 0. The summed E-state index contributed by atoms with van der Waals surface area (Å²) in [5, 5.41) is 14.1. The van der Waals surface area contributed by atoms with Crippen molar-refractivity contribution in [2.45, 2.75) is 11.8 Å². The number of fused-ring (bicyclic) bond motifs is 1. The molecular weight excluding hydrogens is 244 g/mol. The van der Waals surface area contributed by atoms with Gasteiger partial charge in [0.1, 0.15) is 5.84 Å². The molecule has 2 aromatic rings. The first-order chi connectivity index (χ1) is 8.70. The van der Waals surface area contributed by atoms with Crippen molar-refractivity contribution in [1.82, 2.24) is 0 Å². The van der Waals surface area contributed by atoms with Gasteiger partial charge in [0.2, 0.25) is 0 Å². The molecule has 0 bridgehead atoms. The Balaban J connectivity index is 2.08. The molecule has 1 unspecified atom stereocenters. The molecule has 18 heavy (non-hydrogen) atoms. The lowest BCUT2D eigenvalue weighted by Crippen LogP contribution is -2.22. The molecule has 0 heterocycles. The Bertz CT molecular complexity index is 568. The molecule has 0 saturated carbocycles. The number of amidine groups is 1. The Morgan fingerprint density at radius 2 is 2.00 bits per heavy atom. The standard InChI is InChI=1S/C14H16N2OS/c1-10(14(15)16-17)9-18-13-7-6-11-4-2-3-5-12(11)8-13/h2-8,10,17H,9H2,1H3,(H2,15,16). The lowest BCUT2D eigenvalue weighted by molar-refractivity contribution is 0.315.